The van der Waals surface area contributed by atoms with E-state index >= 15 is 0 Å². The molecule has 1 aliphatic carbocycles. The van der Waals surface area contributed by atoms with Gasteiger partial charge in [-0.2, -0.15) is 0 Å². The minimum atomic E-state index is 0.433. The van der Waals surface area contributed by atoms with Crippen LogP contribution in [0.25, 0.3) is 11.6 Å². The lowest BCUT2D eigenvalue weighted by Gasteiger charge is -2.10. The Kier molecular flexibility index (Phi) is 3.29. The largest absolute Gasteiger partial charge is 0.464 e. The van der Waals surface area contributed by atoms with Crippen molar-refractivity contribution in [3.8, 4) is 0 Å². The predicted octanol–water partition coefficient (Wildman–Crippen LogP) is 5.28. The Morgan fingerprint density at radius 2 is 2.00 bits per heavy atom. The molecule has 98 valence electrons. The predicted molar refractivity (Wildman–Crippen MR) is 80.0 cm³/mol. The fourth-order valence-electron chi connectivity index (χ4n) is 2.91. The Labute approximate surface area is 115 Å². The molecule has 0 radical (unpaired) electrons. The van der Waals surface area contributed by atoms with Gasteiger partial charge >= 0.3 is 0 Å². The summed E-state index contributed by atoms with van der Waals surface area (Å²) in [5.74, 6) is 1.53. The van der Waals surface area contributed by atoms with Gasteiger partial charge in [-0.1, -0.05) is 44.5 Å². The summed E-state index contributed by atoms with van der Waals surface area (Å²) in [7, 11) is 0. The van der Waals surface area contributed by atoms with E-state index in [2.05, 4.69) is 50.3 Å². The number of allylic oxidation sites excluding steroid dienone is 1. The first-order chi connectivity index (χ1) is 9.31. The third kappa shape index (κ3) is 2.14. The first-order valence-corrected chi connectivity index (χ1v) is 7.18. The summed E-state index contributed by atoms with van der Waals surface area (Å²) >= 11 is 0. The Bertz CT molecular complexity index is 604. The van der Waals surface area contributed by atoms with Crippen molar-refractivity contribution in [3.05, 3.63) is 59.0 Å². The van der Waals surface area contributed by atoms with Gasteiger partial charge in [0.1, 0.15) is 5.76 Å². The third-order valence-electron chi connectivity index (χ3n) is 4.05. The van der Waals surface area contributed by atoms with Gasteiger partial charge in [0, 0.05) is 11.5 Å². The molecule has 0 N–H and O–H groups in total. The molecule has 1 aromatic heterocycles. The van der Waals surface area contributed by atoms with Gasteiger partial charge in [-0.15, -0.1) is 0 Å². The number of furan rings is 1. The van der Waals surface area contributed by atoms with Crippen molar-refractivity contribution in [2.45, 2.75) is 39.0 Å². The number of benzene rings is 1. The molecule has 1 unspecified atom stereocenters. The zero-order valence-electron chi connectivity index (χ0n) is 11.6. The van der Waals surface area contributed by atoms with Crippen LogP contribution in [0, 0.1) is 0 Å². The maximum Gasteiger partial charge on any atom is 0.133 e. The summed E-state index contributed by atoms with van der Waals surface area (Å²) < 4.78 is 5.78. The van der Waals surface area contributed by atoms with Crippen molar-refractivity contribution in [2.75, 3.05) is 0 Å². The summed E-state index contributed by atoms with van der Waals surface area (Å²) in [6.07, 6.45) is 7.68. The van der Waals surface area contributed by atoms with E-state index in [4.69, 9.17) is 4.42 Å². The lowest BCUT2D eigenvalue weighted by atomic mass is 9.94. The van der Waals surface area contributed by atoms with Crippen molar-refractivity contribution >= 4 is 11.6 Å². The highest BCUT2D eigenvalue weighted by molar-refractivity contribution is 5.90. The van der Waals surface area contributed by atoms with Crippen molar-refractivity contribution < 1.29 is 4.42 Å². The first kappa shape index (κ1) is 12.3. The molecule has 2 aromatic rings. The molecule has 0 spiro atoms. The van der Waals surface area contributed by atoms with E-state index in [0.717, 1.165) is 12.2 Å². The monoisotopic (exact) mass is 252 g/mol. The maximum absolute atomic E-state index is 5.78. The first-order valence-electron chi connectivity index (χ1n) is 7.18. The van der Waals surface area contributed by atoms with Crippen LogP contribution in [0.2, 0.25) is 0 Å². The third-order valence-corrected chi connectivity index (χ3v) is 4.05. The molecule has 0 bridgehead atoms. The summed E-state index contributed by atoms with van der Waals surface area (Å²) in [4.78, 5) is 0. The molecule has 1 heteroatoms. The van der Waals surface area contributed by atoms with Crippen LogP contribution < -0.4 is 0 Å². The van der Waals surface area contributed by atoms with E-state index in [-0.39, 0.29) is 0 Å². The Balaban J connectivity index is 1.95. The van der Waals surface area contributed by atoms with Crippen LogP contribution in [-0.4, -0.2) is 0 Å². The SMILES string of the molecule is CCCCc1ccoc1C1=Cc2ccccc2C1C. The zero-order chi connectivity index (χ0) is 13.2. The van der Waals surface area contributed by atoms with E-state index in [9.17, 15) is 0 Å². The second-order valence-electron chi connectivity index (χ2n) is 5.33. The quantitative estimate of drug-likeness (QED) is 0.721. The van der Waals surface area contributed by atoms with Crippen LogP contribution in [0.4, 0.5) is 0 Å². The molecular weight excluding hydrogens is 232 g/mol. The molecule has 0 amide bonds. The number of fused-ring (bicyclic) bond motifs is 1. The number of hydrogen-bond donors (Lipinski definition) is 0. The minimum absolute atomic E-state index is 0.433. The standard InChI is InChI=1S/C18H20O/c1-3-4-7-14-10-11-19-18(14)17-12-15-8-5-6-9-16(15)13(17)2/h5-6,8-13H,3-4,7H2,1-2H3. The Morgan fingerprint density at radius 3 is 2.79 bits per heavy atom. The average molecular weight is 252 g/mol. The number of rotatable bonds is 4. The number of hydrogen-bond acceptors (Lipinski definition) is 1. The van der Waals surface area contributed by atoms with Crippen molar-refractivity contribution in [1.82, 2.24) is 0 Å². The van der Waals surface area contributed by atoms with Crippen LogP contribution in [0.15, 0.2) is 41.0 Å². The highest BCUT2D eigenvalue weighted by Gasteiger charge is 2.25. The van der Waals surface area contributed by atoms with Gasteiger partial charge in [0.25, 0.3) is 0 Å². The van der Waals surface area contributed by atoms with Gasteiger partial charge in [-0.05, 0) is 41.7 Å². The number of aryl methyl sites for hydroxylation is 1. The topological polar surface area (TPSA) is 13.1 Å². The molecule has 1 nitrogen and oxygen atoms in total. The van der Waals surface area contributed by atoms with Crippen molar-refractivity contribution in [1.29, 1.82) is 0 Å². The van der Waals surface area contributed by atoms with Gasteiger partial charge in [0.15, 0.2) is 0 Å². The van der Waals surface area contributed by atoms with Gasteiger partial charge in [0.05, 0.1) is 6.26 Å². The summed E-state index contributed by atoms with van der Waals surface area (Å²) in [6, 6.07) is 10.8. The smallest absolute Gasteiger partial charge is 0.133 e. The molecule has 0 saturated carbocycles. The van der Waals surface area contributed by atoms with Crippen molar-refractivity contribution in [2.24, 2.45) is 0 Å². The molecule has 1 heterocycles. The second-order valence-corrected chi connectivity index (χ2v) is 5.33. The highest BCUT2D eigenvalue weighted by Crippen LogP contribution is 2.42. The van der Waals surface area contributed by atoms with Gasteiger partial charge in [-0.25, -0.2) is 0 Å². The second kappa shape index (κ2) is 5.08. The molecule has 0 aliphatic heterocycles. The minimum Gasteiger partial charge on any atom is -0.464 e. The summed E-state index contributed by atoms with van der Waals surface area (Å²) in [6.45, 7) is 4.50. The van der Waals surface area contributed by atoms with E-state index < -0.39 is 0 Å². The van der Waals surface area contributed by atoms with Crippen LogP contribution in [0.5, 0.6) is 0 Å². The van der Waals surface area contributed by atoms with Crippen LogP contribution in [-0.2, 0) is 6.42 Å². The van der Waals surface area contributed by atoms with Crippen LogP contribution in [0.3, 0.4) is 0 Å². The lowest BCUT2D eigenvalue weighted by Crippen LogP contribution is -1.95. The molecule has 0 saturated heterocycles. The van der Waals surface area contributed by atoms with Gasteiger partial charge in [0.2, 0.25) is 0 Å². The maximum atomic E-state index is 5.78. The van der Waals surface area contributed by atoms with Gasteiger partial charge < -0.3 is 4.42 Å². The normalized spacial score (nSPS) is 17.4. The average Bonchev–Trinajstić information content (AvgIpc) is 3.01. The van der Waals surface area contributed by atoms with E-state index in [1.54, 1.807) is 0 Å². The zero-order valence-corrected chi connectivity index (χ0v) is 11.6. The molecular formula is C18H20O. The Morgan fingerprint density at radius 1 is 1.16 bits per heavy atom. The van der Waals surface area contributed by atoms with E-state index in [0.29, 0.717) is 5.92 Å². The molecule has 0 fully saturated rings. The van der Waals surface area contributed by atoms with Gasteiger partial charge in [-0.3, -0.25) is 0 Å². The van der Waals surface area contributed by atoms with Crippen LogP contribution >= 0.6 is 0 Å². The van der Waals surface area contributed by atoms with Crippen molar-refractivity contribution in [3.63, 3.8) is 0 Å². The fraction of sp³-hybridized carbons (Fsp3) is 0.333. The number of unbranched alkanes of at least 4 members (excludes halogenated alkanes) is 1. The van der Waals surface area contributed by atoms with E-state index in [1.165, 1.54) is 35.1 Å². The van der Waals surface area contributed by atoms with Crippen LogP contribution in [0.1, 0.15) is 55.1 Å². The summed E-state index contributed by atoms with van der Waals surface area (Å²) in [5, 5.41) is 0. The Hall–Kier alpha value is -1.76. The molecule has 19 heavy (non-hydrogen) atoms. The molecule has 1 aliphatic rings. The molecule has 3 rings (SSSR count). The fourth-order valence-corrected chi connectivity index (χ4v) is 2.91. The van der Waals surface area contributed by atoms with E-state index in [1.807, 2.05) is 6.26 Å². The molecule has 1 atom stereocenters. The molecule has 1 aromatic carbocycles. The lowest BCUT2D eigenvalue weighted by molar-refractivity contribution is 0.544. The summed E-state index contributed by atoms with van der Waals surface area (Å²) in [5.41, 5.74) is 5.43. The highest BCUT2D eigenvalue weighted by atomic mass is 16.3.